The zero-order valence-corrected chi connectivity index (χ0v) is 24.8. The van der Waals surface area contributed by atoms with Crippen molar-refractivity contribution in [3.8, 4) is 5.82 Å². The predicted molar refractivity (Wildman–Crippen MR) is 159 cm³/mol. The number of ketones is 1. The lowest BCUT2D eigenvalue weighted by molar-refractivity contribution is -0.121. The average Bonchev–Trinajstić information content (AvgIpc) is 3.40. The molecular formula is C29H37F2N7O4S. The van der Waals surface area contributed by atoms with Crippen LogP contribution in [0, 0.1) is 5.92 Å². The molecule has 0 atom stereocenters. The summed E-state index contributed by atoms with van der Waals surface area (Å²) in [6, 6.07) is 8.84. The third-order valence-electron chi connectivity index (χ3n) is 8.58. The molecule has 4 heterocycles. The molecule has 1 aromatic carbocycles. The number of alkyl halides is 2. The lowest BCUT2D eigenvalue weighted by Gasteiger charge is -2.31. The van der Waals surface area contributed by atoms with Crippen LogP contribution in [0.25, 0.3) is 16.9 Å². The Morgan fingerprint density at radius 2 is 1.67 bits per heavy atom. The molecule has 0 amide bonds. The van der Waals surface area contributed by atoms with E-state index >= 15 is 0 Å². The lowest BCUT2D eigenvalue weighted by Crippen LogP contribution is -2.43. The van der Waals surface area contributed by atoms with Crippen LogP contribution in [0.15, 0.2) is 30.3 Å². The fraction of sp³-hybridized carbons (Fsp3) is 0.586. The van der Waals surface area contributed by atoms with Gasteiger partial charge in [0.15, 0.2) is 15.7 Å². The zero-order chi connectivity index (χ0) is 30.0. The molecule has 3 fully saturated rings. The van der Waals surface area contributed by atoms with Crippen LogP contribution >= 0.6 is 0 Å². The monoisotopic (exact) mass is 617 g/mol. The first-order valence-corrected chi connectivity index (χ1v) is 16.7. The highest BCUT2D eigenvalue weighted by Gasteiger charge is 2.28. The van der Waals surface area contributed by atoms with E-state index in [1.54, 1.807) is 30.3 Å². The number of carbonyl (C=O) groups is 1. The molecule has 1 saturated carbocycles. The number of Topliss-reactive ketones (excluding diaryl/α,β-unsaturated/α-hetero) is 1. The number of fused-ring (bicyclic) bond motifs is 1. The minimum Gasteiger partial charge on any atom is -0.378 e. The van der Waals surface area contributed by atoms with Crippen molar-refractivity contribution >= 4 is 38.4 Å². The van der Waals surface area contributed by atoms with Gasteiger partial charge >= 0.3 is 0 Å². The number of hydrogen-bond donors (Lipinski definition) is 1. The number of halogens is 2. The van der Waals surface area contributed by atoms with E-state index < -0.39 is 16.3 Å². The van der Waals surface area contributed by atoms with Gasteiger partial charge in [-0.25, -0.2) is 22.2 Å². The molecule has 43 heavy (non-hydrogen) atoms. The van der Waals surface area contributed by atoms with Crippen molar-refractivity contribution in [2.75, 3.05) is 67.7 Å². The van der Waals surface area contributed by atoms with E-state index in [4.69, 9.17) is 14.7 Å². The number of aromatic nitrogens is 4. The van der Waals surface area contributed by atoms with Gasteiger partial charge in [-0.15, -0.1) is 0 Å². The summed E-state index contributed by atoms with van der Waals surface area (Å²) in [7, 11) is -2.97. The summed E-state index contributed by atoms with van der Waals surface area (Å²) in [5, 5.41) is 3.46. The van der Waals surface area contributed by atoms with E-state index in [1.165, 1.54) is 4.57 Å². The smallest absolute Gasteiger partial charge is 0.296 e. The summed E-state index contributed by atoms with van der Waals surface area (Å²) >= 11 is 0. The van der Waals surface area contributed by atoms with Crippen molar-refractivity contribution in [2.24, 2.45) is 5.92 Å². The van der Waals surface area contributed by atoms with Crippen molar-refractivity contribution in [3.63, 3.8) is 0 Å². The van der Waals surface area contributed by atoms with Crippen LogP contribution in [0.2, 0.25) is 0 Å². The van der Waals surface area contributed by atoms with Gasteiger partial charge in [0.05, 0.1) is 42.3 Å². The van der Waals surface area contributed by atoms with Crippen molar-refractivity contribution in [1.29, 1.82) is 0 Å². The molecule has 2 aliphatic heterocycles. The van der Waals surface area contributed by atoms with Gasteiger partial charge in [0, 0.05) is 44.7 Å². The van der Waals surface area contributed by atoms with Crippen molar-refractivity contribution in [2.45, 2.75) is 44.6 Å². The van der Waals surface area contributed by atoms with Gasteiger partial charge in [0.25, 0.3) is 6.43 Å². The minimum atomic E-state index is -2.97. The maximum absolute atomic E-state index is 14.1. The van der Waals surface area contributed by atoms with Crippen LogP contribution in [0.4, 0.5) is 20.5 Å². The molecular weight excluding hydrogens is 580 g/mol. The highest BCUT2D eigenvalue weighted by molar-refractivity contribution is 7.91. The second-order valence-corrected chi connectivity index (χ2v) is 13.9. The van der Waals surface area contributed by atoms with Gasteiger partial charge in [0.1, 0.15) is 17.4 Å². The topological polar surface area (TPSA) is 123 Å². The largest absolute Gasteiger partial charge is 0.378 e. The summed E-state index contributed by atoms with van der Waals surface area (Å²) in [4.78, 5) is 30.4. The number of imidazole rings is 1. The van der Waals surface area contributed by atoms with E-state index in [2.05, 4.69) is 15.2 Å². The van der Waals surface area contributed by atoms with Crippen LogP contribution in [0.5, 0.6) is 0 Å². The number of hydrogen-bond acceptors (Lipinski definition) is 10. The van der Waals surface area contributed by atoms with Gasteiger partial charge in [-0.2, -0.15) is 9.97 Å². The summed E-state index contributed by atoms with van der Waals surface area (Å²) < 4.78 is 58.5. The first kappa shape index (κ1) is 29.8. The van der Waals surface area contributed by atoms with Gasteiger partial charge in [0.2, 0.25) is 5.95 Å². The summed E-state index contributed by atoms with van der Waals surface area (Å²) in [5.41, 5.74) is 1.02. The van der Waals surface area contributed by atoms with Crippen LogP contribution in [0.3, 0.4) is 0 Å². The van der Waals surface area contributed by atoms with E-state index in [1.807, 2.05) is 4.90 Å². The highest BCUT2D eigenvalue weighted by Crippen LogP contribution is 2.31. The third kappa shape index (κ3) is 7.13. The van der Waals surface area contributed by atoms with E-state index in [0.717, 1.165) is 25.7 Å². The van der Waals surface area contributed by atoms with Crippen LogP contribution in [0.1, 0.15) is 44.4 Å². The molecule has 3 aliphatic rings. The fourth-order valence-electron chi connectivity index (χ4n) is 6.23. The summed E-state index contributed by atoms with van der Waals surface area (Å²) in [6.45, 7) is 3.52. The number of anilines is 2. The van der Waals surface area contributed by atoms with Gasteiger partial charge in [-0.05, 0) is 43.7 Å². The van der Waals surface area contributed by atoms with E-state index in [-0.39, 0.29) is 35.1 Å². The molecule has 6 rings (SSSR count). The van der Waals surface area contributed by atoms with Crippen molar-refractivity contribution in [1.82, 2.24) is 24.4 Å². The molecule has 232 valence electrons. The van der Waals surface area contributed by atoms with E-state index in [9.17, 15) is 22.0 Å². The molecule has 11 nitrogen and oxygen atoms in total. The molecule has 1 N–H and O–H groups in total. The Labute approximate surface area is 249 Å². The second kappa shape index (κ2) is 12.8. The number of benzene rings is 1. The molecule has 0 unspecified atom stereocenters. The molecule has 3 aromatic rings. The molecule has 0 radical (unpaired) electrons. The molecule has 0 spiro atoms. The summed E-state index contributed by atoms with van der Waals surface area (Å²) in [6.07, 6.45) is 1.11. The minimum absolute atomic E-state index is 0.0838. The Morgan fingerprint density at radius 1 is 0.977 bits per heavy atom. The third-order valence-corrected chi connectivity index (χ3v) is 10.2. The number of morpholine rings is 1. The Kier molecular flexibility index (Phi) is 8.87. The highest BCUT2D eigenvalue weighted by atomic mass is 32.2. The first-order chi connectivity index (χ1) is 20.7. The average molecular weight is 618 g/mol. The number of nitrogens with zero attached hydrogens (tertiary/aromatic N) is 6. The molecule has 2 saturated heterocycles. The zero-order valence-electron chi connectivity index (χ0n) is 24.0. The fourth-order valence-corrected chi connectivity index (χ4v) is 7.50. The van der Waals surface area contributed by atoms with Gasteiger partial charge in [-0.1, -0.05) is 12.1 Å². The van der Waals surface area contributed by atoms with Gasteiger partial charge in [-0.3, -0.25) is 14.3 Å². The summed E-state index contributed by atoms with van der Waals surface area (Å²) in [5.74, 6) is 1.64. The Bertz CT molecular complexity index is 1540. The van der Waals surface area contributed by atoms with Crippen molar-refractivity contribution in [3.05, 3.63) is 36.2 Å². The SMILES string of the molecule is O=C(CC1CCC(Nc2nc(N3CCOCC3)cc(-n3c(C(F)F)nc4ccccc43)n2)CC1)CN1CCS(=O)(=O)CC1. The predicted octanol–water partition coefficient (Wildman–Crippen LogP) is 3.25. The molecule has 2 aromatic heterocycles. The molecule has 14 heteroatoms. The lowest BCUT2D eigenvalue weighted by atomic mass is 9.83. The second-order valence-electron chi connectivity index (χ2n) is 11.6. The van der Waals surface area contributed by atoms with Crippen LogP contribution in [-0.2, 0) is 19.4 Å². The normalized spacial score (nSPS) is 23.1. The maximum atomic E-state index is 14.1. The standard InChI is InChI=1S/C29H37F2N7O4S/c30-27(31)28-33-23-3-1-2-4-24(23)38(28)26-18-25(37-9-13-42-14-10-37)34-29(35-26)32-21-7-5-20(6-8-21)17-22(39)19-36-11-15-43(40,41)16-12-36/h1-4,18,20-21,27H,5-17,19H2,(H,32,34,35). The Morgan fingerprint density at radius 3 is 2.40 bits per heavy atom. The van der Waals surface area contributed by atoms with E-state index in [0.29, 0.717) is 81.0 Å². The number of nitrogens with one attached hydrogen (secondary N) is 1. The molecule has 0 bridgehead atoms. The van der Waals surface area contributed by atoms with Gasteiger partial charge < -0.3 is 15.0 Å². The quantitative estimate of drug-likeness (QED) is 0.383. The first-order valence-electron chi connectivity index (χ1n) is 14.9. The Balaban J connectivity index is 1.15. The number of rotatable bonds is 9. The maximum Gasteiger partial charge on any atom is 0.296 e. The Hall–Kier alpha value is -3.23. The number of ether oxygens (including phenoxy) is 1. The number of para-hydroxylation sites is 2. The van der Waals surface area contributed by atoms with Crippen LogP contribution < -0.4 is 10.2 Å². The number of carbonyl (C=O) groups excluding carboxylic acids is 1. The van der Waals surface area contributed by atoms with Crippen LogP contribution in [-0.4, -0.2) is 102 Å². The molecule has 1 aliphatic carbocycles. The van der Waals surface area contributed by atoms with Crippen molar-refractivity contribution < 1.29 is 26.7 Å². The number of sulfone groups is 1.